The van der Waals surface area contributed by atoms with E-state index in [9.17, 15) is 0 Å². The third kappa shape index (κ3) is 4.00. The van der Waals surface area contributed by atoms with E-state index in [1.807, 2.05) is 12.1 Å². The summed E-state index contributed by atoms with van der Waals surface area (Å²) in [7, 11) is 0. The lowest BCUT2D eigenvalue weighted by Crippen LogP contribution is -2.14. The van der Waals surface area contributed by atoms with Gasteiger partial charge in [0, 0.05) is 27.4 Å². The lowest BCUT2D eigenvalue weighted by Gasteiger charge is -2.05. The minimum absolute atomic E-state index is 0.767. The van der Waals surface area contributed by atoms with Crippen LogP contribution in [0.25, 0.3) is 0 Å². The van der Waals surface area contributed by atoms with Gasteiger partial charge in [-0.25, -0.2) is 0 Å². The molecular weight excluding hydrogens is 274 g/mol. The van der Waals surface area contributed by atoms with E-state index in [0.717, 1.165) is 17.6 Å². The predicted octanol–water partition coefficient (Wildman–Crippen LogP) is 4.74. The smallest absolute Gasteiger partial charge is 0.0406 e. The van der Waals surface area contributed by atoms with Gasteiger partial charge in [0.05, 0.1) is 0 Å². The Morgan fingerprint density at radius 3 is 2.11 bits per heavy atom. The van der Waals surface area contributed by atoms with Crippen LogP contribution in [-0.4, -0.2) is 6.04 Å². The Hall–Kier alpha value is -0.960. The molecule has 3 heteroatoms. The van der Waals surface area contributed by atoms with Crippen molar-refractivity contribution < 1.29 is 0 Å². The van der Waals surface area contributed by atoms with Crippen LogP contribution < -0.4 is 5.32 Å². The van der Waals surface area contributed by atoms with Gasteiger partial charge in [0.25, 0.3) is 0 Å². The van der Waals surface area contributed by atoms with Crippen molar-refractivity contribution >= 4 is 23.4 Å². The molecule has 98 valence electrons. The van der Waals surface area contributed by atoms with Gasteiger partial charge in [-0.2, -0.15) is 0 Å². The highest BCUT2D eigenvalue weighted by Gasteiger charge is 2.19. The molecule has 0 heterocycles. The van der Waals surface area contributed by atoms with E-state index < -0.39 is 0 Å². The molecule has 0 unspecified atom stereocenters. The van der Waals surface area contributed by atoms with Crippen LogP contribution in [-0.2, 0) is 6.54 Å². The molecule has 1 aliphatic rings. The maximum Gasteiger partial charge on any atom is 0.0406 e. The second kappa shape index (κ2) is 6.00. The van der Waals surface area contributed by atoms with Crippen molar-refractivity contribution in [1.82, 2.24) is 5.32 Å². The fraction of sp³-hybridized carbons (Fsp3) is 0.250. The Balaban J connectivity index is 1.59. The van der Waals surface area contributed by atoms with Gasteiger partial charge >= 0.3 is 0 Å². The monoisotopic (exact) mass is 289 g/mol. The number of benzene rings is 2. The molecule has 1 aliphatic carbocycles. The molecule has 1 saturated carbocycles. The Labute approximate surface area is 123 Å². The third-order valence-corrected chi connectivity index (χ3v) is 4.41. The molecule has 1 N–H and O–H groups in total. The first-order chi connectivity index (χ1) is 9.29. The largest absolute Gasteiger partial charge is 0.310 e. The number of halogens is 1. The first kappa shape index (κ1) is 13.0. The van der Waals surface area contributed by atoms with Crippen LogP contribution in [0.15, 0.2) is 58.3 Å². The maximum absolute atomic E-state index is 5.88. The van der Waals surface area contributed by atoms with E-state index in [1.54, 1.807) is 11.8 Å². The summed E-state index contributed by atoms with van der Waals surface area (Å²) in [5, 5.41) is 4.31. The SMILES string of the molecule is Clc1ccc(Sc2ccc(CNC3CC3)cc2)cc1. The molecular formula is C16H16ClNS. The van der Waals surface area contributed by atoms with E-state index in [4.69, 9.17) is 11.6 Å². The molecule has 0 atom stereocenters. The lowest BCUT2D eigenvalue weighted by molar-refractivity contribution is 0.687. The zero-order valence-electron chi connectivity index (χ0n) is 10.6. The van der Waals surface area contributed by atoms with Crippen LogP contribution in [0, 0.1) is 0 Å². The molecule has 0 amide bonds. The van der Waals surface area contributed by atoms with Crippen LogP contribution in [0.3, 0.4) is 0 Å². The van der Waals surface area contributed by atoms with Gasteiger partial charge in [0.15, 0.2) is 0 Å². The molecule has 2 aromatic rings. The summed E-state index contributed by atoms with van der Waals surface area (Å²) in [6.45, 7) is 0.983. The summed E-state index contributed by atoms with van der Waals surface area (Å²) < 4.78 is 0. The Bertz CT molecular complexity index is 532. The standard InChI is InChI=1S/C16H16ClNS/c17-13-3-9-16(10-4-13)19-15-7-1-12(2-8-15)11-18-14-5-6-14/h1-4,7-10,14,18H,5-6,11H2. The third-order valence-electron chi connectivity index (χ3n) is 3.14. The van der Waals surface area contributed by atoms with Gasteiger partial charge in [-0.1, -0.05) is 35.5 Å². The lowest BCUT2D eigenvalue weighted by atomic mass is 10.2. The predicted molar refractivity (Wildman–Crippen MR) is 81.9 cm³/mol. The van der Waals surface area contributed by atoms with Crippen molar-refractivity contribution in [2.45, 2.75) is 35.2 Å². The summed E-state index contributed by atoms with van der Waals surface area (Å²) >= 11 is 7.65. The Morgan fingerprint density at radius 2 is 1.53 bits per heavy atom. The summed E-state index contributed by atoms with van der Waals surface area (Å²) in [5.74, 6) is 0. The second-order valence-electron chi connectivity index (χ2n) is 4.86. The second-order valence-corrected chi connectivity index (χ2v) is 6.44. The molecule has 0 bridgehead atoms. The molecule has 3 rings (SSSR count). The first-order valence-electron chi connectivity index (χ1n) is 6.55. The molecule has 2 aromatic carbocycles. The highest BCUT2D eigenvalue weighted by Crippen LogP contribution is 2.28. The van der Waals surface area contributed by atoms with Crippen LogP contribution in [0.2, 0.25) is 5.02 Å². The van der Waals surface area contributed by atoms with Crippen LogP contribution in [0.4, 0.5) is 0 Å². The Morgan fingerprint density at radius 1 is 0.947 bits per heavy atom. The normalized spacial score (nSPS) is 14.6. The average Bonchev–Trinajstić information content (AvgIpc) is 3.25. The fourth-order valence-electron chi connectivity index (χ4n) is 1.86. The number of hydrogen-bond acceptors (Lipinski definition) is 2. The van der Waals surface area contributed by atoms with Gasteiger partial charge in [-0.05, 0) is 54.8 Å². The molecule has 0 aliphatic heterocycles. The molecule has 0 radical (unpaired) electrons. The minimum Gasteiger partial charge on any atom is -0.310 e. The zero-order valence-corrected chi connectivity index (χ0v) is 12.2. The van der Waals surface area contributed by atoms with Gasteiger partial charge in [0.2, 0.25) is 0 Å². The first-order valence-corrected chi connectivity index (χ1v) is 7.75. The van der Waals surface area contributed by atoms with Gasteiger partial charge < -0.3 is 5.32 Å². The summed E-state index contributed by atoms with van der Waals surface area (Å²) in [5.41, 5.74) is 1.35. The fourth-order valence-corrected chi connectivity index (χ4v) is 2.81. The topological polar surface area (TPSA) is 12.0 Å². The van der Waals surface area contributed by atoms with Crippen molar-refractivity contribution in [3.63, 3.8) is 0 Å². The number of rotatable bonds is 5. The van der Waals surface area contributed by atoms with E-state index in [1.165, 1.54) is 28.2 Å². The van der Waals surface area contributed by atoms with E-state index in [-0.39, 0.29) is 0 Å². The molecule has 0 saturated heterocycles. The quantitative estimate of drug-likeness (QED) is 0.853. The summed E-state index contributed by atoms with van der Waals surface area (Å²) in [6, 6.07) is 17.5. The maximum atomic E-state index is 5.88. The molecule has 0 spiro atoms. The highest BCUT2D eigenvalue weighted by molar-refractivity contribution is 7.99. The minimum atomic E-state index is 0.767. The van der Waals surface area contributed by atoms with E-state index in [0.29, 0.717) is 0 Å². The zero-order chi connectivity index (χ0) is 13.1. The molecule has 19 heavy (non-hydrogen) atoms. The van der Waals surface area contributed by atoms with E-state index in [2.05, 4.69) is 41.7 Å². The van der Waals surface area contributed by atoms with Gasteiger partial charge in [-0.15, -0.1) is 0 Å². The van der Waals surface area contributed by atoms with Gasteiger partial charge in [-0.3, -0.25) is 0 Å². The van der Waals surface area contributed by atoms with Crippen molar-refractivity contribution in [1.29, 1.82) is 0 Å². The summed E-state index contributed by atoms with van der Waals surface area (Å²) in [6.07, 6.45) is 2.68. The van der Waals surface area contributed by atoms with Crippen molar-refractivity contribution in [3.8, 4) is 0 Å². The van der Waals surface area contributed by atoms with Crippen LogP contribution in [0.1, 0.15) is 18.4 Å². The summed E-state index contributed by atoms with van der Waals surface area (Å²) in [4.78, 5) is 2.48. The molecule has 0 aromatic heterocycles. The highest BCUT2D eigenvalue weighted by atomic mass is 35.5. The Kier molecular flexibility index (Phi) is 4.12. The van der Waals surface area contributed by atoms with Crippen molar-refractivity contribution in [2.24, 2.45) is 0 Å². The molecule has 1 fully saturated rings. The van der Waals surface area contributed by atoms with Crippen molar-refractivity contribution in [3.05, 3.63) is 59.1 Å². The van der Waals surface area contributed by atoms with Crippen LogP contribution in [0.5, 0.6) is 0 Å². The average molecular weight is 290 g/mol. The number of hydrogen-bond donors (Lipinski definition) is 1. The van der Waals surface area contributed by atoms with Gasteiger partial charge in [0.1, 0.15) is 0 Å². The van der Waals surface area contributed by atoms with E-state index >= 15 is 0 Å². The number of nitrogens with one attached hydrogen (secondary N) is 1. The van der Waals surface area contributed by atoms with Crippen molar-refractivity contribution in [2.75, 3.05) is 0 Å². The molecule has 1 nitrogen and oxygen atoms in total. The van der Waals surface area contributed by atoms with Crippen LogP contribution >= 0.6 is 23.4 Å².